The van der Waals surface area contributed by atoms with Crippen molar-refractivity contribution in [3.05, 3.63) is 95.3 Å². The SMILES string of the molecule is O=C(CCc1ccccc1)N1CCC(C(=O)NCC2=CCC(F)C(F)=C2)(c2ccccc2)CC1. The van der Waals surface area contributed by atoms with Gasteiger partial charge in [-0.1, -0.05) is 66.7 Å². The first-order chi connectivity index (χ1) is 16.5. The van der Waals surface area contributed by atoms with E-state index in [4.69, 9.17) is 0 Å². The van der Waals surface area contributed by atoms with Gasteiger partial charge in [0.25, 0.3) is 0 Å². The van der Waals surface area contributed by atoms with Gasteiger partial charge in [-0.15, -0.1) is 0 Å². The van der Waals surface area contributed by atoms with Crippen LogP contribution in [0.5, 0.6) is 0 Å². The van der Waals surface area contributed by atoms with E-state index in [-0.39, 0.29) is 24.8 Å². The third-order valence-electron chi connectivity index (χ3n) is 6.86. The van der Waals surface area contributed by atoms with Crippen molar-refractivity contribution in [1.29, 1.82) is 0 Å². The van der Waals surface area contributed by atoms with Crippen molar-refractivity contribution in [1.82, 2.24) is 10.2 Å². The molecule has 1 fully saturated rings. The number of carbonyl (C=O) groups excluding carboxylic acids is 2. The molecule has 178 valence electrons. The van der Waals surface area contributed by atoms with Crippen LogP contribution >= 0.6 is 0 Å². The topological polar surface area (TPSA) is 49.4 Å². The first-order valence-corrected chi connectivity index (χ1v) is 11.8. The molecule has 0 bridgehead atoms. The second kappa shape index (κ2) is 10.8. The van der Waals surface area contributed by atoms with Gasteiger partial charge in [0.1, 0.15) is 5.83 Å². The van der Waals surface area contributed by atoms with Gasteiger partial charge in [0.05, 0.1) is 5.41 Å². The Kier molecular flexibility index (Phi) is 7.56. The Morgan fingerprint density at radius 1 is 1.00 bits per heavy atom. The number of piperidine rings is 1. The number of allylic oxidation sites excluding steroid dienone is 2. The first kappa shape index (κ1) is 23.9. The smallest absolute Gasteiger partial charge is 0.231 e. The number of aryl methyl sites for hydroxylation is 1. The van der Waals surface area contributed by atoms with Crippen molar-refractivity contribution in [2.24, 2.45) is 0 Å². The summed E-state index contributed by atoms with van der Waals surface area (Å²) in [6, 6.07) is 19.5. The van der Waals surface area contributed by atoms with Gasteiger partial charge in [-0.05, 0) is 42.0 Å². The molecule has 1 heterocycles. The second-order valence-electron chi connectivity index (χ2n) is 9.01. The lowest BCUT2D eigenvalue weighted by atomic mass is 9.72. The standard InChI is InChI=1S/C28H30F2N2O2/c29-24-13-11-22(19-25(24)30)20-31-27(34)28(23-9-5-2-6-10-23)15-17-32(18-16-28)26(33)14-12-21-7-3-1-4-8-21/h1-11,19,24H,12-18,20H2,(H,31,34). The van der Waals surface area contributed by atoms with Gasteiger partial charge < -0.3 is 10.2 Å². The van der Waals surface area contributed by atoms with Crippen molar-refractivity contribution in [3.63, 3.8) is 0 Å². The summed E-state index contributed by atoms with van der Waals surface area (Å²) in [6.07, 6.45) is 3.33. The van der Waals surface area contributed by atoms with E-state index in [1.165, 1.54) is 0 Å². The van der Waals surface area contributed by atoms with Crippen LogP contribution in [0.4, 0.5) is 8.78 Å². The molecule has 34 heavy (non-hydrogen) atoms. The molecule has 2 aromatic carbocycles. The quantitative estimate of drug-likeness (QED) is 0.639. The number of hydrogen-bond donors (Lipinski definition) is 1. The molecule has 1 aliphatic heterocycles. The van der Waals surface area contributed by atoms with Crippen molar-refractivity contribution >= 4 is 11.8 Å². The normalized spacial score (nSPS) is 19.7. The van der Waals surface area contributed by atoms with Gasteiger partial charge in [0.2, 0.25) is 11.8 Å². The van der Waals surface area contributed by atoms with Crippen LogP contribution in [0, 0.1) is 0 Å². The maximum Gasteiger partial charge on any atom is 0.231 e. The molecular formula is C28H30F2N2O2. The Bertz CT molecular complexity index is 1060. The zero-order chi connectivity index (χ0) is 24.0. The van der Waals surface area contributed by atoms with E-state index < -0.39 is 17.4 Å². The van der Waals surface area contributed by atoms with Crippen LogP contribution in [0.15, 0.2) is 84.2 Å². The summed E-state index contributed by atoms with van der Waals surface area (Å²) in [5, 5.41) is 2.94. The lowest BCUT2D eigenvalue weighted by Gasteiger charge is -2.41. The number of rotatable bonds is 7. The minimum Gasteiger partial charge on any atom is -0.351 e. The highest BCUT2D eigenvalue weighted by Gasteiger charge is 2.43. The monoisotopic (exact) mass is 464 g/mol. The van der Waals surface area contributed by atoms with Crippen molar-refractivity contribution in [2.75, 3.05) is 19.6 Å². The fourth-order valence-corrected chi connectivity index (χ4v) is 4.76. The Morgan fingerprint density at radius 2 is 1.65 bits per heavy atom. The highest BCUT2D eigenvalue weighted by molar-refractivity contribution is 5.89. The Balaban J connectivity index is 1.41. The van der Waals surface area contributed by atoms with Crippen molar-refractivity contribution in [3.8, 4) is 0 Å². The van der Waals surface area contributed by atoms with Gasteiger partial charge in [0.15, 0.2) is 6.17 Å². The van der Waals surface area contributed by atoms with E-state index in [1.54, 1.807) is 6.08 Å². The zero-order valence-electron chi connectivity index (χ0n) is 19.2. The predicted octanol–water partition coefficient (Wildman–Crippen LogP) is 4.82. The van der Waals surface area contributed by atoms with E-state index in [2.05, 4.69) is 5.32 Å². The number of likely N-dealkylation sites (tertiary alicyclic amines) is 1. The van der Waals surface area contributed by atoms with Gasteiger partial charge in [0, 0.05) is 32.5 Å². The molecule has 1 atom stereocenters. The molecule has 4 nitrogen and oxygen atoms in total. The van der Waals surface area contributed by atoms with E-state index in [9.17, 15) is 18.4 Å². The lowest BCUT2D eigenvalue weighted by Crippen LogP contribution is -2.53. The molecule has 2 aliphatic rings. The molecule has 2 amide bonds. The van der Waals surface area contributed by atoms with Gasteiger partial charge in [-0.3, -0.25) is 9.59 Å². The lowest BCUT2D eigenvalue weighted by molar-refractivity contribution is -0.136. The summed E-state index contributed by atoms with van der Waals surface area (Å²) in [4.78, 5) is 28.1. The number of hydrogen-bond acceptors (Lipinski definition) is 2. The van der Waals surface area contributed by atoms with Crippen LogP contribution in [0.1, 0.15) is 36.8 Å². The fourth-order valence-electron chi connectivity index (χ4n) is 4.76. The van der Waals surface area contributed by atoms with Crippen LogP contribution in [0.25, 0.3) is 0 Å². The number of benzene rings is 2. The minimum absolute atomic E-state index is 0.0165. The third kappa shape index (κ3) is 5.44. The summed E-state index contributed by atoms with van der Waals surface area (Å²) < 4.78 is 27.0. The van der Waals surface area contributed by atoms with Crippen LogP contribution in [-0.2, 0) is 21.4 Å². The molecule has 6 heteroatoms. The van der Waals surface area contributed by atoms with Gasteiger partial charge in [-0.25, -0.2) is 8.78 Å². The van der Waals surface area contributed by atoms with Crippen LogP contribution < -0.4 is 5.32 Å². The Labute approximate surface area is 199 Å². The van der Waals surface area contributed by atoms with E-state index in [0.29, 0.717) is 44.3 Å². The zero-order valence-corrected chi connectivity index (χ0v) is 19.2. The maximum absolute atomic E-state index is 13.6. The Hall–Kier alpha value is -3.28. The van der Waals surface area contributed by atoms with E-state index in [1.807, 2.05) is 65.6 Å². The molecule has 0 saturated carbocycles. The highest BCUT2D eigenvalue weighted by atomic mass is 19.2. The van der Waals surface area contributed by atoms with Crippen LogP contribution in [0.2, 0.25) is 0 Å². The summed E-state index contributed by atoms with van der Waals surface area (Å²) >= 11 is 0. The molecule has 1 aliphatic carbocycles. The van der Waals surface area contributed by atoms with Crippen LogP contribution in [-0.4, -0.2) is 42.5 Å². The van der Waals surface area contributed by atoms with E-state index in [0.717, 1.165) is 17.2 Å². The van der Waals surface area contributed by atoms with Crippen LogP contribution in [0.3, 0.4) is 0 Å². The summed E-state index contributed by atoms with van der Waals surface area (Å²) in [7, 11) is 0. The molecule has 0 aromatic heterocycles. The molecular weight excluding hydrogens is 434 g/mol. The Morgan fingerprint density at radius 3 is 2.29 bits per heavy atom. The van der Waals surface area contributed by atoms with E-state index >= 15 is 0 Å². The number of carbonyl (C=O) groups is 2. The summed E-state index contributed by atoms with van der Waals surface area (Å²) in [5.41, 5.74) is 1.84. The average molecular weight is 465 g/mol. The van der Waals surface area contributed by atoms with Crippen molar-refractivity contribution < 1.29 is 18.4 Å². The molecule has 0 radical (unpaired) electrons. The molecule has 1 saturated heterocycles. The predicted molar refractivity (Wildman–Crippen MR) is 128 cm³/mol. The largest absolute Gasteiger partial charge is 0.351 e. The highest BCUT2D eigenvalue weighted by Crippen LogP contribution is 2.36. The molecule has 0 spiro atoms. The maximum atomic E-state index is 13.6. The van der Waals surface area contributed by atoms with Crippen molar-refractivity contribution in [2.45, 2.75) is 43.7 Å². The number of alkyl halides is 1. The summed E-state index contributed by atoms with van der Waals surface area (Å²) in [5.74, 6) is -0.848. The van der Waals surface area contributed by atoms with Gasteiger partial charge in [-0.2, -0.15) is 0 Å². The molecule has 1 N–H and O–H groups in total. The number of nitrogens with zero attached hydrogens (tertiary/aromatic N) is 1. The first-order valence-electron chi connectivity index (χ1n) is 11.8. The molecule has 4 rings (SSSR count). The molecule has 2 aromatic rings. The fraction of sp³-hybridized carbons (Fsp3) is 0.357. The molecule has 1 unspecified atom stereocenters. The summed E-state index contributed by atoms with van der Waals surface area (Å²) in [6.45, 7) is 1.14. The second-order valence-corrected chi connectivity index (χ2v) is 9.01. The average Bonchev–Trinajstić information content (AvgIpc) is 2.89. The third-order valence-corrected chi connectivity index (χ3v) is 6.86. The minimum atomic E-state index is -1.60. The number of nitrogens with one attached hydrogen (secondary N) is 1. The number of amides is 2. The number of halogens is 2. The van der Waals surface area contributed by atoms with Gasteiger partial charge >= 0.3 is 0 Å².